The van der Waals surface area contributed by atoms with Crippen molar-refractivity contribution in [2.45, 2.75) is 20.8 Å². The fourth-order valence-electron chi connectivity index (χ4n) is 1.50. The SMILES string of the molecule is CC(=CC=Cc1ccccc1)CNCC(C)C. The average molecular weight is 229 g/mol. The van der Waals surface area contributed by atoms with Gasteiger partial charge in [-0.2, -0.15) is 0 Å². The first kappa shape index (κ1) is 13.7. The molecule has 1 N–H and O–H groups in total. The van der Waals surface area contributed by atoms with Crippen LogP contribution in [0.15, 0.2) is 48.1 Å². The van der Waals surface area contributed by atoms with E-state index in [-0.39, 0.29) is 0 Å². The smallest absolute Gasteiger partial charge is 0.0165 e. The van der Waals surface area contributed by atoms with E-state index in [1.165, 1.54) is 11.1 Å². The first-order valence-electron chi connectivity index (χ1n) is 6.28. The minimum atomic E-state index is 0.711. The monoisotopic (exact) mass is 229 g/mol. The molecule has 0 fully saturated rings. The Bertz CT molecular complexity index is 360. The fraction of sp³-hybridized carbons (Fsp3) is 0.375. The van der Waals surface area contributed by atoms with E-state index in [1.54, 1.807) is 0 Å². The Labute approximate surface area is 105 Å². The van der Waals surface area contributed by atoms with Crippen LogP contribution in [0, 0.1) is 5.92 Å². The van der Waals surface area contributed by atoms with Crippen LogP contribution in [0.25, 0.3) is 6.08 Å². The van der Waals surface area contributed by atoms with Crippen molar-refractivity contribution >= 4 is 6.08 Å². The van der Waals surface area contributed by atoms with Gasteiger partial charge in [-0.1, -0.05) is 68.0 Å². The Morgan fingerprint density at radius 3 is 2.59 bits per heavy atom. The maximum Gasteiger partial charge on any atom is 0.0165 e. The van der Waals surface area contributed by atoms with Gasteiger partial charge in [-0.25, -0.2) is 0 Å². The molecule has 0 aliphatic heterocycles. The van der Waals surface area contributed by atoms with Crippen molar-refractivity contribution in [1.29, 1.82) is 0 Å². The number of hydrogen-bond donors (Lipinski definition) is 1. The molecule has 0 heterocycles. The molecule has 0 radical (unpaired) electrons. The number of allylic oxidation sites excluding steroid dienone is 2. The molecule has 1 heteroatoms. The highest BCUT2D eigenvalue weighted by Crippen LogP contribution is 2.02. The van der Waals surface area contributed by atoms with E-state index in [9.17, 15) is 0 Å². The van der Waals surface area contributed by atoms with E-state index in [0.29, 0.717) is 5.92 Å². The number of hydrogen-bond acceptors (Lipinski definition) is 1. The van der Waals surface area contributed by atoms with Gasteiger partial charge in [0.05, 0.1) is 0 Å². The second-order valence-electron chi connectivity index (χ2n) is 4.81. The number of rotatable bonds is 6. The van der Waals surface area contributed by atoms with Gasteiger partial charge in [0, 0.05) is 6.54 Å². The molecule has 1 nitrogen and oxygen atoms in total. The summed E-state index contributed by atoms with van der Waals surface area (Å²) in [7, 11) is 0. The predicted octanol–water partition coefficient (Wildman–Crippen LogP) is 3.89. The van der Waals surface area contributed by atoms with E-state index in [2.05, 4.69) is 68.6 Å². The van der Waals surface area contributed by atoms with Gasteiger partial charge in [-0.3, -0.25) is 0 Å². The zero-order valence-corrected chi connectivity index (χ0v) is 11.1. The van der Waals surface area contributed by atoms with Crippen molar-refractivity contribution < 1.29 is 0 Å². The standard InChI is InChI=1S/C16H23N/c1-14(2)12-17-13-15(3)8-7-11-16-9-5-4-6-10-16/h4-11,14,17H,12-13H2,1-3H3. The first-order chi connectivity index (χ1) is 8.18. The highest BCUT2D eigenvalue weighted by atomic mass is 14.8. The van der Waals surface area contributed by atoms with Crippen molar-refractivity contribution in [1.82, 2.24) is 5.32 Å². The second kappa shape index (κ2) is 7.86. The predicted molar refractivity (Wildman–Crippen MR) is 76.9 cm³/mol. The molecule has 92 valence electrons. The summed E-state index contributed by atoms with van der Waals surface area (Å²) < 4.78 is 0. The van der Waals surface area contributed by atoms with E-state index in [4.69, 9.17) is 0 Å². The highest BCUT2D eigenvalue weighted by Gasteiger charge is 1.92. The third-order valence-corrected chi connectivity index (χ3v) is 2.43. The molecule has 1 aromatic carbocycles. The molecule has 0 aliphatic rings. The summed E-state index contributed by atoms with van der Waals surface area (Å²) in [6.45, 7) is 8.65. The Morgan fingerprint density at radius 1 is 1.24 bits per heavy atom. The fourth-order valence-corrected chi connectivity index (χ4v) is 1.50. The summed E-state index contributed by atoms with van der Waals surface area (Å²) >= 11 is 0. The van der Waals surface area contributed by atoms with Gasteiger partial charge < -0.3 is 5.32 Å². The van der Waals surface area contributed by atoms with Crippen LogP contribution >= 0.6 is 0 Å². The van der Waals surface area contributed by atoms with Gasteiger partial charge in [-0.15, -0.1) is 0 Å². The Morgan fingerprint density at radius 2 is 1.94 bits per heavy atom. The van der Waals surface area contributed by atoms with Gasteiger partial charge in [-0.05, 0) is 24.9 Å². The molecule has 1 rings (SSSR count). The molecular formula is C16H23N. The maximum atomic E-state index is 3.43. The van der Waals surface area contributed by atoms with Gasteiger partial charge in [0.25, 0.3) is 0 Å². The quantitative estimate of drug-likeness (QED) is 0.730. The third-order valence-electron chi connectivity index (χ3n) is 2.43. The molecule has 0 saturated carbocycles. The zero-order chi connectivity index (χ0) is 12.5. The van der Waals surface area contributed by atoms with Crippen molar-refractivity contribution in [3.63, 3.8) is 0 Å². The highest BCUT2D eigenvalue weighted by molar-refractivity contribution is 5.50. The molecule has 0 aliphatic carbocycles. The molecule has 0 atom stereocenters. The summed E-state index contributed by atoms with van der Waals surface area (Å²) in [5, 5.41) is 3.43. The number of benzene rings is 1. The lowest BCUT2D eigenvalue weighted by molar-refractivity contribution is 0.571. The summed E-state index contributed by atoms with van der Waals surface area (Å²) in [5.74, 6) is 0.711. The molecule has 0 bridgehead atoms. The van der Waals surface area contributed by atoms with Crippen LogP contribution < -0.4 is 5.32 Å². The van der Waals surface area contributed by atoms with Crippen LogP contribution in [-0.4, -0.2) is 13.1 Å². The van der Waals surface area contributed by atoms with E-state index >= 15 is 0 Å². The first-order valence-corrected chi connectivity index (χ1v) is 6.28. The van der Waals surface area contributed by atoms with E-state index in [1.807, 2.05) is 6.07 Å². The van der Waals surface area contributed by atoms with Crippen LogP contribution in [-0.2, 0) is 0 Å². The lowest BCUT2D eigenvalue weighted by Gasteiger charge is -2.06. The molecule has 0 aromatic heterocycles. The van der Waals surface area contributed by atoms with Crippen LogP contribution in [0.5, 0.6) is 0 Å². The average Bonchev–Trinajstić information content (AvgIpc) is 2.30. The lowest BCUT2D eigenvalue weighted by Crippen LogP contribution is -2.21. The molecule has 0 saturated heterocycles. The van der Waals surface area contributed by atoms with Crippen LogP contribution in [0.3, 0.4) is 0 Å². The lowest BCUT2D eigenvalue weighted by atomic mass is 10.2. The summed E-state index contributed by atoms with van der Waals surface area (Å²) in [6.07, 6.45) is 6.41. The Kier molecular flexibility index (Phi) is 6.34. The minimum Gasteiger partial charge on any atom is -0.313 e. The summed E-state index contributed by atoms with van der Waals surface area (Å²) in [4.78, 5) is 0. The molecule has 1 aromatic rings. The second-order valence-corrected chi connectivity index (χ2v) is 4.81. The third kappa shape index (κ3) is 6.75. The zero-order valence-electron chi connectivity index (χ0n) is 11.1. The van der Waals surface area contributed by atoms with Crippen molar-refractivity contribution in [2.24, 2.45) is 5.92 Å². The van der Waals surface area contributed by atoms with Crippen LogP contribution in [0.2, 0.25) is 0 Å². The van der Waals surface area contributed by atoms with Gasteiger partial charge in [0.2, 0.25) is 0 Å². The van der Waals surface area contributed by atoms with Crippen molar-refractivity contribution in [3.8, 4) is 0 Å². The van der Waals surface area contributed by atoms with Crippen LogP contribution in [0.1, 0.15) is 26.3 Å². The summed E-state index contributed by atoms with van der Waals surface area (Å²) in [6, 6.07) is 10.4. The maximum absolute atomic E-state index is 3.43. The summed E-state index contributed by atoms with van der Waals surface area (Å²) in [5.41, 5.74) is 2.60. The number of nitrogens with one attached hydrogen (secondary N) is 1. The van der Waals surface area contributed by atoms with E-state index in [0.717, 1.165) is 13.1 Å². The van der Waals surface area contributed by atoms with Gasteiger partial charge in [0.15, 0.2) is 0 Å². The molecule has 0 unspecified atom stereocenters. The molecule has 0 spiro atoms. The molecule has 17 heavy (non-hydrogen) atoms. The normalized spacial score (nSPS) is 12.6. The van der Waals surface area contributed by atoms with Crippen molar-refractivity contribution in [2.75, 3.05) is 13.1 Å². The topological polar surface area (TPSA) is 12.0 Å². The van der Waals surface area contributed by atoms with E-state index < -0.39 is 0 Å². The molecule has 0 amide bonds. The Balaban J connectivity index is 2.35. The molecular weight excluding hydrogens is 206 g/mol. The van der Waals surface area contributed by atoms with Gasteiger partial charge >= 0.3 is 0 Å². The van der Waals surface area contributed by atoms with Crippen LogP contribution in [0.4, 0.5) is 0 Å². The minimum absolute atomic E-state index is 0.711. The Hall–Kier alpha value is -1.34. The largest absolute Gasteiger partial charge is 0.313 e. The van der Waals surface area contributed by atoms with Crippen molar-refractivity contribution in [3.05, 3.63) is 53.6 Å². The van der Waals surface area contributed by atoms with Gasteiger partial charge in [0.1, 0.15) is 0 Å².